The number of nitrogens with one attached hydrogen (secondary N) is 1. The van der Waals surface area contributed by atoms with Crippen LogP contribution in [0.4, 0.5) is 0 Å². The molecular weight excluding hydrogens is 272 g/mol. The highest BCUT2D eigenvalue weighted by atomic mass is 16.5. The summed E-state index contributed by atoms with van der Waals surface area (Å²) in [6.07, 6.45) is 3.80. The van der Waals surface area contributed by atoms with Crippen LogP contribution in [0.25, 0.3) is 0 Å². The Balaban J connectivity index is 1.75. The van der Waals surface area contributed by atoms with Gasteiger partial charge in [-0.05, 0) is 78.2 Å². The van der Waals surface area contributed by atoms with Crippen molar-refractivity contribution in [3.8, 4) is 5.75 Å². The quantitative estimate of drug-likeness (QED) is 0.834. The molecule has 22 heavy (non-hydrogen) atoms. The Morgan fingerprint density at radius 3 is 2.45 bits per heavy atom. The fourth-order valence-corrected chi connectivity index (χ4v) is 3.11. The number of benzene rings is 1. The highest BCUT2D eigenvalue weighted by molar-refractivity contribution is 5.33. The van der Waals surface area contributed by atoms with Crippen molar-refractivity contribution in [2.24, 2.45) is 0 Å². The zero-order valence-electron chi connectivity index (χ0n) is 14.6. The van der Waals surface area contributed by atoms with Gasteiger partial charge < -0.3 is 15.0 Å². The first-order valence-electron chi connectivity index (χ1n) is 8.78. The third-order valence-corrected chi connectivity index (χ3v) is 4.42. The van der Waals surface area contributed by atoms with E-state index in [0.717, 1.165) is 18.7 Å². The topological polar surface area (TPSA) is 24.5 Å². The molecule has 1 heterocycles. The van der Waals surface area contributed by atoms with Gasteiger partial charge in [0.15, 0.2) is 0 Å². The maximum atomic E-state index is 5.89. The van der Waals surface area contributed by atoms with Gasteiger partial charge in [-0.3, -0.25) is 0 Å². The molecule has 1 aromatic rings. The van der Waals surface area contributed by atoms with Crippen LogP contribution >= 0.6 is 0 Å². The Labute approximate surface area is 136 Å². The van der Waals surface area contributed by atoms with Crippen LogP contribution < -0.4 is 10.1 Å². The summed E-state index contributed by atoms with van der Waals surface area (Å²) in [6.45, 7) is 12.2. The number of piperidine rings is 1. The molecule has 1 aliphatic rings. The minimum atomic E-state index is 0.231. The average Bonchev–Trinajstić information content (AvgIpc) is 2.49. The molecule has 0 radical (unpaired) electrons. The highest BCUT2D eigenvalue weighted by Gasteiger charge is 2.20. The number of para-hydroxylation sites is 1. The second-order valence-corrected chi connectivity index (χ2v) is 6.88. The summed E-state index contributed by atoms with van der Waals surface area (Å²) in [7, 11) is 0. The zero-order valence-corrected chi connectivity index (χ0v) is 14.6. The molecule has 124 valence electrons. The third kappa shape index (κ3) is 5.29. The summed E-state index contributed by atoms with van der Waals surface area (Å²) < 4.78 is 5.89. The van der Waals surface area contributed by atoms with E-state index in [1.54, 1.807) is 0 Å². The van der Waals surface area contributed by atoms with Gasteiger partial charge in [-0.15, -0.1) is 0 Å². The Morgan fingerprint density at radius 1 is 1.14 bits per heavy atom. The van der Waals surface area contributed by atoms with E-state index < -0.39 is 0 Å². The third-order valence-electron chi connectivity index (χ3n) is 4.42. The van der Waals surface area contributed by atoms with Crippen LogP contribution in [0.1, 0.15) is 46.1 Å². The van der Waals surface area contributed by atoms with E-state index in [-0.39, 0.29) is 6.10 Å². The number of hydrogen-bond acceptors (Lipinski definition) is 3. The Morgan fingerprint density at radius 2 is 1.82 bits per heavy atom. The molecular formula is C19H32N2O. The van der Waals surface area contributed by atoms with E-state index in [1.807, 2.05) is 0 Å². The minimum absolute atomic E-state index is 0.231. The van der Waals surface area contributed by atoms with Crippen molar-refractivity contribution >= 4 is 0 Å². The molecule has 2 rings (SSSR count). The van der Waals surface area contributed by atoms with E-state index >= 15 is 0 Å². The molecule has 0 aliphatic carbocycles. The molecule has 0 atom stereocenters. The maximum Gasteiger partial charge on any atom is 0.122 e. The Kier molecular flexibility index (Phi) is 6.71. The lowest BCUT2D eigenvalue weighted by Crippen LogP contribution is -2.45. The number of rotatable bonds is 7. The normalized spacial score (nSPS) is 17.4. The summed E-state index contributed by atoms with van der Waals surface area (Å²) in [4.78, 5) is 2.57. The van der Waals surface area contributed by atoms with Crippen LogP contribution in [-0.2, 0) is 6.42 Å². The van der Waals surface area contributed by atoms with Crippen LogP contribution in [0, 0.1) is 0 Å². The standard InChI is InChI=1S/C19H32N2O/c1-15(2)21-13-10-18(11-14-21)20-12-9-17-7-5-6-8-19(17)22-16(3)4/h5-8,15-16,18,20H,9-14H2,1-4H3. The molecule has 0 unspecified atom stereocenters. The van der Waals surface area contributed by atoms with Crippen molar-refractivity contribution in [3.63, 3.8) is 0 Å². The minimum Gasteiger partial charge on any atom is -0.491 e. The summed E-state index contributed by atoms with van der Waals surface area (Å²) in [5, 5.41) is 3.73. The monoisotopic (exact) mass is 304 g/mol. The fraction of sp³-hybridized carbons (Fsp3) is 0.684. The molecule has 0 amide bonds. The van der Waals surface area contributed by atoms with Gasteiger partial charge in [0.1, 0.15) is 5.75 Å². The summed E-state index contributed by atoms with van der Waals surface area (Å²) >= 11 is 0. The molecule has 0 aromatic heterocycles. The highest BCUT2D eigenvalue weighted by Crippen LogP contribution is 2.20. The van der Waals surface area contributed by atoms with E-state index in [0.29, 0.717) is 12.1 Å². The molecule has 1 fully saturated rings. The van der Waals surface area contributed by atoms with Gasteiger partial charge in [-0.1, -0.05) is 18.2 Å². The molecule has 3 heteroatoms. The van der Waals surface area contributed by atoms with E-state index in [9.17, 15) is 0 Å². The first-order valence-corrected chi connectivity index (χ1v) is 8.78. The number of hydrogen-bond donors (Lipinski definition) is 1. The summed E-state index contributed by atoms with van der Waals surface area (Å²) in [5.41, 5.74) is 1.31. The van der Waals surface area contributed by atoms with Crippen LogP contribution in [0.15, 0.2) is 24.3 Å². The molecule has 1 aliphatic heterocycles. The van der Waals surface area contributed by atoms with Crippen molar-refractivity contribution < 1.29 is 4.74 Å². The van der Waals surface area contributed by atoms with Crippen LogP contribution in [0.2, 0.25) is 0 Å². The SMILES string of the molecule is CC(C)Oc1ccccc1CCNC1CCN(C(C)C)CC1. The first kappa shape index (κ1) is 17.3. The van der Waals surface area contributed by atoms with Gasteiger partial charge >= 0.3 is 0 Å². The second kappa shape index (κ2) is 8.54. The van der Waals surface area contributed by atoms with E-state index in [2.05, 4.69) is 62.2 Å². The Bertz CT molecular complexity index is 437. The summed E-state index contributed by atoms with van der Waals surface area (Å²) in [6, 6.07) is 9.77. The van der Waals surface area contributed by atoms with Crippen molar-refractivity contribution in [2.45, 2.75) is 65.1 Å². The lowest BCUT2D eigenvalue weighted by molar-refractivity contribution is 0.161. The van der Waals surface area contributed by atoms with Gasteiger partial charge in [0.2, 0.25) is 0 Å². The van der Waals surface area contributed by atoms with E-state index in [1.165, 1.54) is 31.5 Å². The molecule has 0 saturated carbocycles. The van der Waals surface area contributed by atoms with Gasteiger partial charge in [0.05, 0.1) is 6.10 Å². The van der Waals surface area contributed by atoms with Crippen LogP contribution in [0.3, 0.4) is 0 Å². The number of likely N-dealkylation sites (tertiary alicyclic amines) is 1. The van der Waals surface area contributed by atoms with Crippen molar-refractivity contribution in [2.75, 3.05) is 19.6 Å². The van der Waals surface area contributed by atoms with Crippen molar-refractivity contribution in [3.05, 3.63) is 29.8 Å². The van der Waals surface area contributed by atoms with Crippen LogP contribution in [0.5, 0.6) is 5.75 Å². The molecule has 0 spiro atoms. The molecule has 1 saturated heterocycles. The zero-order chi connectivity index (χ0) is 15.9. The van der Waals surface area contributed by atoms with Gasteiger partial charge in [-0.25, -0.2) is 0 Å². The van der Waals surface area contributed by atoms with Gasteiger partial charge in [0.25, 0.3) is 0 Å². The average molecular weight is 304 g/mol. The summed E-state index contributed by atoms with van der Waals surface area (Å²) in [5.74, 6) is 1.04. The molecule has 1 N–H and O–H groups in total. The first-order chi connectivity index (χ1) is 10.6. The van der Waals surface area contributed by atoms with Crippen molar-refractivity contribution in [1.29, 1.82) is 0 Å². The number of ether oxygens (including phenoxy) is 1. The predicted octanol–water partition coefficient (Wildman–Crippen LogP) is 3.48. The molecule has 1 aromatic carbocycles. The number of nitrogens with zero attached hydrogens (tertiary/aromatic N) is 1. The predicted molar refractivity (Wildman–Crippen MR) is 93.6 cm³/mol. The van der Waals surface area contributed by atoms with Crippen molar-refractivity contribution in [1.82, 2.24) is 10.2 Å². The second-order valence-electron chi connectivity index (χ2n) is 6.88. The molecule has 0 bridgehead atoms. The molecule has 3 nitrogen and oxygen atoms in total. The Hall–Kier alpha value is -1.06. The fourth-order valence-electron chi connectivity index (χ4n) is 3.11. The van der Waals surface area contributed by atoms with Gasteiger partial charge in [-0.2, -0.15) is 0 Å². The lowest BCUT2D eigenvalue weighted by Gasteiger charge is -2.35. The largest absolute Gasteiger partial charge is 0.491 e. The lowest BCUT2D eigenvalue weighted by atomic mass is 10.0. The smallest absolute Gasteiger partial charge is 0.122 e. The maximum absolute atomic E-state index is 5.89. The van der Waals surface area contributed by atoms with Crippen LogP contribution in [-0.4, -0.2) is 42.7 Å². The van der Waals surface area contributed by atoms with E-state index in [4.69, 9.17) is 4.74 Å². The van der Waals surface area contributed by atoms with Gasteiger partial charge in [0, 0.05) is 12.1 Å².